The molecule has 0 heterocycles. The molecule has 5 nitrogen and oxygen atoms in total. The SMILES string of the molecule is NCC1(c2cccc(Cl)c2)CCC(NS(=O)(=O)c2ccc(OC(F)(F)F)cc2)CC1. The molecule has 10 heteroatoms. The molecule has 0 atom stereocenters. The number of nitrogens with one attached hydrogen (secondary N) is 1. The van der Waals surface area contributed by atoms with Gasteiger partial charge in [-0.25, -0.2) is 13.1 Å². The van der Waals surface area contributed by atoms with Crippen molar-refractivity contribution in [3.05, 3.63) is 59.1 Å². The molecule has 1 aliphatic rings. The predicted octanol–water partition coefficient (Wildman–Crippen LogP) is 4.36. The summed E-state index contributed by atoms with van der Waals surface area (Å²) in [6, 6.07) is 11.4. The normalized spacial score (nSPS) is 22.6. The Morgan fingerprint density at radius 3 is 2.30 bits per heavy atom. The maximum atomic E-state index is 12.6. The monoisotopic (exact) mass is 462 g/mol. The van der Waals surface area contributed by atoms with Crippen molar-refractivity contribution in [3.8, 4) is 5.75 Å². The van der Waals surface area contributed by atoms with Gasteiger partial charge in [0, 0.05) is 23.0 Å². The lowest BCUT2D eigenvalue weighted by atomic mass is 9.68. The van der Waals surface area contributed by atoms with Gasteiger partial charge in [0.25, 0.3) is 0 Å². The molecule has 1 saturated carbocycles. The van der Waals surface area contributed by atoms with Gasteiger partial charge in [-0.05, 0) is 67.6 Å². The van der Waals surface area contributed by atoms with Crippen molar-refractivity contribution in [1.29, 1.82) is 0 Å². The molecule has 0 radical (unpaired) electrons. The minimum Gasteiger partial charge on any atom is -0.406 e. The number of nitrogens with two attached hydrogens (primary N) is 1. The number of benzene rings is 2. The summed E-state index contributed by atoms with van der Waals surface area (Å²) in [5.74, 6) is -0.478. The average molecular weight is 463 g/mol. The number of sulfonamides is 1. The highest BCUT2D eigenvalue weighted by atomic mass is 35.5. The first-order valence-electron chi connectivity index (χ1n) is 9.37. The number of halogens is 4. The first-order chi connectivity index (χ1) is 14.0. The summed E-state index contributed by atoms with van der Waals surface area (Å²) in [5.41, 5.74) is 6.85. The van der Waals surface area contributed by atoms with Crippen molar-refractivity contribution < 1.29 is 26.3 Å². The van der Waals surface area contributed by atoms with Gasteiger partial charge in [-0.1, -0.05) is 23.7 Å². The molecule has 2 aromatic rings. The second-order valence-corrected chi connectivity index (χ2v) is 9.56. The highest BCUT2D eigenvalue weighted by Crippen LogP contribution is 2.39. The van der Waals surface area contributed by atoms with Crippen LogP contribution in [0.3, 0.4) is 0 Å². The van der Waals surface area contributed by atoms with Gasteiger partial charge in [0.2, 0.25) is 10.0 Å². The average Bonchev–Trinajstić information content (AvgIpc) is 2.68. The molecule has 30 heavy (non-hydrogen) atoms. The fraction of sp³-hybridized carbons (Fsp3) is 0.400. The maximum absolute atomic E-state index is 12.6. The zero-order valence-electron chi connectivity index (χ0n) is 16.0. The largest absolute Gasteiger partial charge is 0.573 e. The van der Waals surface area contributed by atoms with Gasteiger partial charge in [0.05, 0.1) is 4.90 Å². The molecular formula is C20H22ClF3N2O3S. The molecule has 0 bridgehead atoms. The summed E-state index contributed by atoms with van der Waals surface area (Å²) in [7, 11) is -3.87. The fourth-order valence-corrected chi connectivity index (χ4v) is 5.32. The van der Waals surface area contributed by atoms with Crippen LogP contribution in [-0.2, 0) is 15.4 Å². The molecule has 0 spiro atoms. The van der Waals surface area contributed by atoms with Crippen LogP contribution >= 0.6 is 11.6 Å². The van der Waals surface area contributed by atoms with Crippen LogP contribution in [0.25, 0.3) is 0 Å². The molecule has 164 valence electrons. The first-order valence-corrected chi connectivity index (χ1v) is 11.2. The van der Waals surface area contributed by atoms with E-state index in [1.807, 2.05) is 18.2 Å². The fourth-order valence-electron chi connectivity index (χ4n) is 3.83. The van der Waals surface area contributed by atoms with Crippen LogP contribution in [0.15, 0.2) is 53.4 Å². The van der Waals surface area contributed by atoms with Crippen LogP contribution < -0.4 is 15.2 Å². The number of alkyl halides is 3. The Morgan fingerprint density at radius 2 is 1.77 bits per heavy atom. The molecule has 1 fully saturated rings. The van der Waals surface area contributed by atoms with Crippen molar-refractivity contribution in [2.75, 3.05) is 6.54 Å². The van der Waals surface area contributed by atoms with E-state index in [0.29, 0.717) is 37.3 Å². The van der Waals surface area contributed by atoms with E-state index in [1.165, 1.54) is 0 Å². The molecule has 0 amide bonds. The van der Waals surface area contributed by atoms with Crippen LogP contribution in [0.1, 0.15) is 31.2 Å². The second-order valence-electron chi connectivity index (χ2n) is 7.41. The highest BCUT2D eigenvalue weighted by Gasteiger charge is 2.37. The van der Waals surface area contributed by atoms with E-state index in [9.17, 15) is 21.6 Å². The number of hydrogen-bond donors (Lipinski definition) is 2. The van der Waals surface area contributed by atoms with Crippen molar-refractivity contribution >= 4 is 21.6 Å². The van der Waals surface area contributed by atoms with Gasteiger partial charge < -0.3 is 10.5 Å². The molecule has 2 aromatic carbocycles. The lowest BCUT2D eigenvalue weighted by molar-refractivity contribution is -0.274. The zero-order valence-corrected chi connectivity index (χ0v) is 17.5. The molecule has 0 aromatic heterocycles. The Bertz CT molecular complexity index is 974. The van der Waals surface area contributed by atoms with Crippen LogP contribution in [0.4, 0.5) is 13.2 Å². The molecule has 3 rings (SSSR count). The van der Waals surface area contributed by atoms with Gasteiger partial charge >= 0.3 is 6.36 Å². The van der Waals surface area contributed by atoms with Gasteiger partial charge in [-0.2, -0.15) is 0 Å². The van der Waals surface area contributed by atoms with Crippen molar-refractivity contribution in [3.63, 3.8) is 0 Å². The van der Waals surface area contributed by atoms with E-state index >= 15 is 0 Å². The smallest absolute Gasteiger partial charge is 0.406 e. The summed E-state index contributed by atoms with van der Waals surface area (Å²) in [6.45, 7) is 0.424. The Kier molecular flexibility index (Phi) is 6.66. The Hall–Kier alpha value is -1.81. The highest BCUT2D eigenvalue weighted by molar-refractivity contribution is 7.89. The number of rotatable bonds is 6. The topological polar surface area (TPSA) is 81.4 Å². The Balaban J connectivity index is 1.66. The van der Waals surface area contributed by atoms with Gasteiger partial charge in [-0.3, -0.25) is 0 Å². The number of ether oxygens (including phenoxy) is 1. The van der Waals surface area contributed by atoms with Crippen molar-refractivity contribution in [1.82, 2.24) is 4.72 Å². The van der Waals surface area contributed by atoms with Crippen LogP contribution in [0, 0.1) is 0 Å². The summed E-state index contributed by atoms with van der Waals surface area (Å²) in [4.78, 5) is -0.123. The van der Waals surface area contributed by atoms with E-state index in [4.69, 9.17) is 17.3 Å². The quantitative estimate of drug-likeness (QED) is 0.668. The molecule has 1 aliphatic carbocycles. The van der Waals surface area contributed by atoms with Crippen molar-refractivity contribution in [2.45, 2.75) is 48.4 Å². The summed E-state index contributed by atoms with van der Waals surface area (Å²) in [6.07, 6.45) is -2.29. The molecule has 0 aliphatic heterocycles. The van der Waals surface area contributed by atoms with E-state index in [1.54, 1.807) is 6.07 Å². The third-order valence-corrected chi connectivity index (χ3v) is 7.23. The first kappa shape index (κ1) is 22.9. The van der Waals surface area contributed by atoms with E-state index < -0.39 is 22.1 Å². The lowest BCUT2D eigenvalue weighted by Crippen LogP contribution is -2.45. The lowest BCUT2D eigenvalue weighted by Gasteiger charge is -2.40. The summed E-state index contributed by atoms with van der Waals surface area (Å²) in [5, 5.41) is 0.626. The molecule has 0 saturated heterocycles. The third-order valence-electron chi connectivity index (χ3n) is 5.46. The minimum atomic E-state index is -4.83. The van der Waals surface area contributed by atoms with Crippen LogP contribution in [0.5, 0.6) is 5.75 Å². The van der Waals surface area contributed by atoms with Gasteiger partial charge in [0.1, 0.15) is 5.75 Å². The standard InChI is InChI=1S/C20H22ClF3N2O3S/c21-15-3-1-2-14(12-15)19(13-25)10-8-16(9-11-19)26-30(27,28)18-6-4-17(5-7-18)29-20(22,23)24/h1-7,12,16,26H,8-11,13,25H2. The van der Waals surface area contributed by atoms with E-state index in [-0.39, 0.29) is 16.4 Å². The molecule has 3 N–H and O–H groups in total. The Morgan fingerprint density at radius 1 is 1.13 bits per heavy atom. The predicted molar refractivity (Wildman–Crippen MR) is 108 cm³/mol. The zero-order chi connectivity index (χ0) is 22.0. The van der Waals surface area contributed by atoms with Crippen LogP contribution in [0.2, 0.25) is 5.02 Å². The van der Waals surface area contributed by atoms with Gasteiger partial charge in [-0.15, -0.1) is 13.2 Å². The van der Waals surface area contributed by atoms with Gasteiger partial charge in [0.15, 0.2) is 0 Å². The Labute approximate surface area is 178 Å². The second kappa shape index (κ2) is 8.74. The van der Waals surface area contributed by atoms with Crippen LogP contribution in [-0.4, -0.2) is 27.4 Å². The van der Waals surface area contributed by atoms with E-state index in [2.05, 4.69) is 9.46 Å². The molecule has 0 unspecified atom stereocenters. The summed E-state index contributed by atoms with van der Waals surface area (Å²) < 4.78 is 68.4. The maximum Gasteiger partial charge on any atom is 0.573 e. The summed E-state index contributed by atoms with van der Waals surface area (Å²) >= 11 is 6.11. The van der Waals surface area contributed by atoms with E-state index in [0.717, 1.165) is 29.8 Å². The van der Waals surface area contributed by atoms with Crippen molar-refractivity contribution in [2.24, 2.45) is 5.73 Å². The minimum absolute atomic E-state index is 0.123. The third kappa shape index (κ3) is 5.46. The number of hydrogen-bond acceptors (Lipinski definition) is 4. The molecular weight excluding hydrogens is 441 g/mol.